The van der Waals surface area contributed by atoms with Crippen LogP contribution in [0, 0.1) is 12.8 Å². The second-order valence-corrected chi connectivity index (χ2v) is 14.0. The van der Waals surface area contributed by atoms with Crippen LogP contribution in [0.5, 0.6) is 0 Å². The summed E-state index contributed by atoms with van der Waals surface area (Å²) < 4.78 is 49.2. The first-order chi connectivity index (χ1) is 20.4. The maximum Gasteiger partial charge on any atom is 0.227 e. The molecule has 2 fully saturated rings. The summed E-state index contributed by atoms with van der Waals surface area (Å²) in [5.74, 6) is 2.05. The number of rotatable bonds is 13. The molecule has 43 heavy (non-hydrogen) atoms. The number of hydrogen-bond donors (Lipinski definition) is 1. The number of alkyl halides is 1. The average molecular weight is 617 g/mol. The monoisotopic (exact) mass is 616 g/mol. The van der Waals surface area contributed by atoms with Gasteiger partial charge in [-0.3, -0.25) is 0 Å². The minimum absolute atomic E-state index is 0.110. The molecule has 236 valence electrons. The number of sulfone groups is 1. The van der Waals surface area contributed by atoms with Crippen LogP contribution in [0.4, 0.5) is 21.8 Å². The van der Waals surface area contributed by atoms with Gasteiger partial charge in [0.2, 0.25) is 5.95 Å². The lowest BCUT2D eigenvalue weighted by atomic mass is 9.87. The third-order valence-electron chi connectivity index (χ3n) is 8.31. The molecule has 0 unspecified atom stereocenters. The molecule has 1 aromatic carbocycles. The second kappa shape index (κ2) is 14.1. The molecule has 2 aromatic rings. The number of piperidine rings is 1. The molecule has 3 heterocycles. The Kier molecular flexibility index (Phi) is 10.8. The fraction of sp³-hybridized carbons (Fsp3) is 0.581. The summed E-state index contributed by atoms with van der Waals surface area (Å²) in [5, 5.41) is 3.26. The quantitative estimate of drug-likeness (QED) is 0.258. The second-order valence-electron chi connectivity index (χ2n) is 11.8. The van der Waals surface area contributed by atoms with E-state index >= 15 is 0 Å². The van der Waals surface area contributed by atoms with Crippen molar-refractivity contribution < 1.29 is 22.3 Å². The number of nitrogens with one attached hydrogen (secondary N) is 1. The highest BCUT2D eigenvalue weighted by molar-refractivity contribution is 7.90. The van der Waals surface area contributed by atoms with Crippen LogP contribution in [0.1, 0.15) is 49.8 Å². The van der Waals surface area contributed by atoms with E-state index < -0.39 is 22.1 Å². The van der Waals surface area contributed by atoms with Gasteiger partial charge in [0.15, 0.2) is 0 Å². The molecule has 4 atom stereocenters. The van der Waals surface area contributed by atoms with E-state index in [1.165, 1.54) is 6.26 Å². The number of hydrogen-bond acceptors (Lipinski definition) is 10. The summed E-state index contributed by atoms with van der Waals surface area (Å²) in [5.41, 5.74) is 4.37. The van der Waals surface area contributed by atoms with Gasteiger partial charge in [0.05, 0.1) is 31.6 Å². The molecule has 12 heteroatoms. The zero-order valence-electron chi connectivity index (χ0n) is 26.1. The lowest BCUT2D eigenvalue weighted by Crippen LogP contribution is -2.57. The van der Waals surface area contributed by atoms with Gasteiger partial charge in [-0.2, -0.15) is 4.98 Å². The summed E-state index contributed by atoms with van der Waals surface area (Å²) in [6, 6.07) is 6.13. The predicted octanol–water partition coefficient (Wildman–Crippen LogP) is 4.47. The molecule has 2 saturated heterocycles. The molecule has 2 aliphatic heterocycles. The zero-order valence-corrected chi connectivity index (χ0v) is 26.9. The summed E-state index contributed by atoms with van der Waals surface area (Å²) in [4.78, 5) is 17.4. The molecule has 0 bridgehead atoms. The van der Waals surface area contributed by atoms with E-state index in [9.17, 15) is 12.8 Å². The number of ether oxygens (including phenoxy) is 2. The molecule has 2 aliphatic rings. The van der Waals surface area contributed by atoms with Crippen molar-refractivity contribution in [3.63, 3.8) is 0 Å². The highest BCUT2D eigenvalue weighted by Gasteiger charge is 2.38. The van der Waals surface area contributed by atoms with E-state index in [0.717, 1.165) is 22.4 Å². The van der Waals surface area contributed by atoms with Crippen molar-refractivity contribution in [2.24, 2.45) is 10.9 Å². The van der Waals surface area contributed by atoms with Crippen molar-refractivity contribution in [1.82, 2.24) is 9.97 Å². The van der Waals surface area contributed by atoms with Crippen LogP contribution in [0.2, 0.25) is 0 Å². The SMILES string of the molecule is C=N/C(=C\c1c(C(C)C)ccc(N2C[C@H](CS(C)(=O)=O)[C@H]2C)c1C)Nc1ccnc(N2CC[C@@H](OCCOC)[C@@H](F)C2)n1. The number of methoxy groups -OCH3 is 1. The number of anilines is 3. The number of halogens is 1. The van der Waals surface area contributed by atoms with Gasteiger partial charge in [-0.25, -0.2) is 22.8 Å². The predicted molar refractivity (Wildman–Crippen MR) is 172 cm³/mol. The number of aliphatic imine (C=N–C) groups is 1. The lowest BCUT2D eigenvalue weighted by molar-refractivity contribution is -0.0319. The molecular weight excluding hydrogens is 571 g/mol. The van der Waals surface area contributed by atoms with E-state index in [1.54, 1.807) is 19.4 Å². The first-order valence-corrected chi connectivity index (χ1v) is 16.8. The van der Waals surface area contributed by atoms with Crippen LogP contribution in [-0.2, 0) is 19.3 Å². The van der Waals surface area contributed by atoms with Crippen LogP contribution < -0.4 is 15.1 Å². The Labute approximate surface area is 255 Å². The summed E-state index contributed by atoms with van der Waals surface area (Å²) in [7, 11) is -1.44. The van der Waals surface area contributed by atoms with Gasteiger partial charge in [0.25, 0.3) is 0 Å². The first-order valence-electron chi connectivity index (χ1n) is 14.8. The zero-order chi connectivity index (χ0) is 31.3. The van der Waals surface area contributed by atoms with Crippen molar-refractivity contribution in [3.8, 4) is 0 Å². The van der Waals surface area contributed by atoms with Crippen LogP contribution in [-0.4, -0.2) is 95.4 Å². The molecule has 0 spiro atoms. The largest absolute Gasteiger partial charge is 0.382 e. The molecular formula is C31H45FN6O4S. The van der Waals surface area contributed by atoms with Gasteiger partial charge in [-0.15, -0.1) is 0 Å². The summed E-state index contributed by atoms with van der Waals surface area (Å²) in [6.07, 6.45) is 3.82. The van der Waals surface area contributed by atoms with Gasteiger partial charge in [0.1, 0.15) is 27.6 Å². The summed E-state index contributed by atoms with van der Waals surface area (Å²) >= 11 is 0. The Balaban J connectivity index is 1.53. The van der Waals surface area contributed by atoms with Crippen molar-refractivity contribution in [3.05, 3.63) is 46.9 Å². The van der Waals surface area contributed by atoms with Crippen LogP contribution in [0.15, 0.2) is 35.2 Å². The Morgan fingerprint density at radius 2 is 2.05 bits per heavy atom. The van der Waals surface area contributed by atoms with Gasteiger partial charge in [-0.1, -0.05) is 19.9 Å². The molecule has 0 amide bonds. The van der Waals surface area contributed by atoms with E-state index in [0.29, 0.717) is 50.3 Å². The molecule has 1 aromatic heterocycles. The van der Waals surface area contributed by atoms with Gasteiger partial charge in [0, 0.05) is 50.3 Å². The Hall–Kier alpha value is -3.09. The molecule has 0 radical (unpaired) electrons. The molecule has 0 aliphatic carbocycles. The molecule has 10 nitrogen and oxygen atoms in total. The average Bonchev–Trinajstić information content (AvgIpc) is 2.96. The summed E-state index contributed by atoms with van der Waals surface area (Å²) in [6.45, 7) is 14.5. The van der Waals surface area contributed by atoms with Crippen molar-refractivity contribution in [2.45, 2.75) is 58.4 Å². The van der Waals surface area contributed by atoms with Crippen molar-refractivity contribution in [1.29, 1.82) is 0 Å². The minimum Gasteiger partial charge on any atom is -0.382 e. The number of aromatic nitrogens is 2. The maximum atomic E-state index is 14.9. The Morgan fingerprint density at radius 3 is 2.67 bits per heavy atom. The Morgan fingerprint density at radius 1 is 1.28 bits per heavy atom. The van der Waals surface area contributed by atoms with E-state index in [2.05, 4.69) is 71.7 Å². The van der Waals surface area contributed by atoms with E-state index in [1.807, 2.05) is 11.0 Å². The van der Waals surface area contributed by atoms with Crippen LogP contribution >= 0.6 is 0 Å². The third-order valence-corrected chi connectivity index (χ3v) is 9.34. The topological polar surface area (TPSA) is 109 Å². The van der Waals surface area contributed by atoms with E-state index in [-0.39, 0.29) is 30.2 Å². The number of nitrogens with zero attached hydrogens (tertiary/aromatic N) is 5. The highest BCUT2D eigenvalue weighted by Crippen LogP contribution is 2.38. The smallest absolute Gasteiger partial charge is 0.227 e. The van der Waals surface area contributed by atoms with E-state index in [4.69, 9.17) is 9.47 Å². The maximum absolute atomic E-state index is 14.9. The normalized spacial score (nSPS) is 22.9. The fourth-order valence-corrected chi connectivity index (χ4v) is 6.99. The molecule has 4 rings (SSSR count). The molecule has 0 saturated carbocycles. The highest BCUT2D eigenvalue weighted by atomic mass is 32.2. The molecule has 1 N–H and O–H groups in total. The van der Waals surface area contributed by atoms with Gasteiger partial charge < -0.3 is 24.6 Å². The van der Waals surface area contributed by atoms with Crippen LogP contribution in [0.3, 0.4) is 0 Å². The van der Waals surface area contributed by atoms with Gasteiger partial charge >= 0.3 is 0 Å². The number of benzene rings is 1. The third kappa shape index (κ3) is 8.10. The fourth-order valence-electron chi connectivity index (χ4n) is 5.83. The standard InChI is InChI=1S/C31H45FN6O4S/c1-20(2)24-8-9-27(38-17-23(22(38)4)19-43(7,39)40)21(3)25(24)16-30(33-5)35-29-10-12-34-31(36-29)37-13-11-28(26(32)18-37)42-15-14-41-6/h8-10,12,16,20,22-23,26,28H,5,11,13-15,17-19H2,1-4,6-7H3,(H,34,35,36)/b30-16+/t22-,23-,26+,28-/m1/s1. The van der Waals surface area contributed by atoms with Crippen molar-refractivity contribution in [2.75, 3.05) is 67.1 Å². The van der Waals surface area contributed by atoms with Crippen molar-refractivity contribution >= 4 is 40.1 Å². The lowest BCUT2D eigenvalue weighted by Gasteiger charge is -2.48. The first kappa shape index (κ1) is 32.8. The van der Waals surface area contributed by atoms with Gasteiger partial charge in [-0.05, 0) is 67.8 Å². The van der Waals surface area contributed by atoms with Crippen LogP contribution in [0.25, 0.3) is 6.08 Å². The minimum atomic E-state index is -3.03. The Bertz CT molecular complexity index is 1420.